The summed E-state index contributed by atoms with van der Waals surface area (Å²) in [5.74, 6) is 0.282. The van der Waals surface area contributed by atoms with Crippen LogP contribution in [0.15, 0.2) is 86.2 Å². The SMILES string of the molecule is CCOC(=O)C1=C(C)N=c2s/c(=C/c3cc(Br)c(OCc4ccc(I)cc4)c(I)c3)c(=O)n2[C@H]1c1ccc(C)cc1. The van der Waals surface area contributed by atoms with Gasteiger partial charge in [-0.2, -0.15) is 0 Å². The molecule has 0 amide bonds. The molecule has 0 fully saturated rings. The van der Waals surface area contributed by atoms with Gasteiger partial charge < -0.3 is 9.47 Å². The van der Waals surface area contributed by atoms with Crippen LogP contribution in [0.4, 0.5) is 0 Å². The molecule has 0 bridgehead atoms. The number of rotatable bonds is 7. The molecule has 0 saturated carbocycles. The van der Waals surface area contributed by atoms with E-state index in [4.69, 9.17) is 9.47 Å². The molecule has 0 unspecified atom stereocenters. The van der Waals surface area contributed by atoms with Crippen molar-refractivity contribution >= 4 is 84.5 Å². The topological polar surface area (TPSA) is 69.9 Å². The number of thiazole rings is 1. The number of aryl methyl sites for hydroxylation is 1. The molecule has 1 aromatic heterocycles. The zero-order valence-corrected chi connectivity index (χ0v) is 29.1. The standard InChI is InChI=1S/C31H25BrI2N2O4S/c1-4-39-30(38)26-18(3)35-31-36(27(26)21-9-5-17(2)6-10-21)29(37)25(41-31)15-20-13-23(32)28(24(34)14-20)40-16-19-7-11-22(33)12-8-19/h5-15,27H,4,16H2,1-3H3/b25-15+/t27-/m0/s1. The highest BCUT2D eigenvalue weighted by molar-refractivity contribution is 14.1. The smallest absolute Gasteiger partial charge is 0.338 e. The fourth-order valence-electron chi connectivity index (χ4n) is 4.54. The second kappa shape index (κ2) is 12.9. The lowest BCUT2D eigenvalue weighted by Crippen LogP contribution is -2.39. The van der Waals surface area contributed by atoms with Gasteiger partial charge in [-0.25, -0.2) is 9.79 Å². The van der Waals surface area contributed by atoms with Crippen LogP contribution in [0.1, 0.15) is 42.1 Å². The minimum atomic E-state index is -0.628. The fraction of sp³-hybridized carbons (Fsp3) is 0.194. The fourth-order valence-corrected chi connectivity index (χ4v) is 7.72. The molecule has 4 aromatic rings. The maximum atomic E-state index is 13.9. The predicted octanol–water partition coefficient (Wildman–Crippen LogP) is 6.66. The van der Waals surface area contributed by atoms with Crippen molar-refractivity contribution in [1.82, 2.24) is 4.57 Å². The molecule has 0 spiro atoms. The molecule has 1 atom stereocenters. The Morgan fingerprint density at radius 2 is 1.80 bits per heavy atom. The highest BCUT2D eigenvalue weighted by Gasteiger charge is 2.33. The Labute approximate surface area is 277 Å². The van der Waals surface area contributed by atoms with Crippen molar-refractivity contribution in [3.05, 3.63) is 125 Å². The van der Waals surface area contributed by atoms with Crippen LogP contribution in [0.25, 0.3) is 6.08 Å². The summed E-state index contributed by atoms with van der Waals surface area (Å²) < 4.78 is 16.5. The number of esters is 1. The number of hydrogen-bond acceptors (Lipinski definition) is 6. The first kappa shape index (κ1) is 30.2. The number of carbonyl (C=O) groups is 1. The highest BCUT2D eigenvalue weighted by Crippen LogP contribution is 2.33. The molecule has 2 heterocycles. The first-order valence-corrected chi connectivity index (χ1v) is 16.6. The van der Waals surface area contributed by atoms with Crippen molar-refractivity contribution in [2.45, 2.75) is 33.4 Å². The van der Waals surface area contributed by atoms with Crippen LogP contribution >= 0.6 is 72.4 Å². The zero-order chi connectivity index (χ0) is 29.3. The van der Waals surface area contributed by atoms with Crippen LogP contribution in [0.3, 0.4) is 0 Å². The largest absolute Gasteiger partial charge is 0.487 e. The number of allylic oxidation sites excluding steroid dienone is 1. The number of aromatic nitrogens is 1. The maximum Gasteiger partial charge on any atom is 0.338 e. The van der Waals surface area contributed by atoms with E-state index in [-0.39, 0.29) is 12.2 Å². The Hall–Kier alpha value is -2.29. The Balaban J connectivity index is 1.54. The molecule has 210 valence electrons. The van der Waals surface area contributed by atoms with Gasteiger partial charge in [-0.1, -0.05) is 53.3 Å². The normalized spacial score (nSPS) is 15.0. The van der Waals surface area contributed by atoms with Gasteiger partial charge in [0, 0.05) is 3.57 Å². The Morgan fingerprint density at radius 1 is 1.10 bits per heavy atom. The van der Waals surface area contributed by atoms with Crippen LogP contribution in [0, 0.1) is 14.1 Å². The van der Waals surface area contributed by atoms with Gasteiger partial charge in [0.25, 0.3) is 5.56 Å². The third-order valence-corrected chi connectivity index (χ3v) is 9.62. The van der Waals surface area contributed by atoms with Crippen LogP contribution in [-0.2, 0) is 16.1 Å². The molecule has 1 aliphatic heterocycles. The molecule has 0 N–H and O–H groups in total. The monoisotopic (exact) mass is 854 g/mol. The number of ether oxygens (including phenoxy) is 2. The zero-order valence-electron chi connectivity index (χ0n) is 22.4. The van der Waals surface area contributed by atoms with Gasteiger partial charge in [-0.15, -0.1) is 0 Å². The molecule has 1 aliphatic rings. The Bertz CT molecular complexity index is 1820. The summed E-state index contributed by atoms with van der Waals surface area (Å²) in [5, 5.41) is 0. The predicted molar refractivity (Wildman–Crippen MR) is 182 cm³/mol. The summed E-state index contributed by atoms with van der Waals surface area (Å²) in [6, 6.07) is 19.4. The molecule has 41 heavy (non-hydrogen) atoms. The van der Waals surface area contributed by atoms with E-state index >= 15 is 0 Å². The van der Waals surface area contributed by atoms with Crippen molar-refractivity contribution in [2.24, 2.45) is 4.99 Å². The second-order valence-electron chi connectivity index (χ2n) is 9.44. The number of fused-ring (bicyclic) bond motifs is 1. The Kier molecular flexibility index (Phi) is 9.51. The molecular weight excluding hydrogens is 830 g/mol. The third-order valence-electron chi connectivity index (χ3n) is 6.52. The van der Waals surface area contributed by atoms with Crippen LogP contribution in [-0.4, -0.2) is 17.1 Å². The van der Waals surface area contributed by atoms with Crippen LogP contribution in [0.2, 0.25) is 0 Å². The second-order valence-corrected chi connectivity index (χ2v) is 13.7. The highest BCUT2D eigenvalue weighted by atomic mass is 127. The van der Waals surface area contributed by atoms with Gasteiger partial charge in [-0.3, -0.25) is 9.36 Å². The van der Waals surface area contributed by atoms with E-state index in [9.17, 15) is 9.59 Å². The molecule has 5 rings (SSSR count). The van der Waals surface area contributed by atoms with E-state index in [2.05, 4.69) is 90.4 Å². The quantitative estimate of drug-likeness (QED) is 0.154. The van der Waals surface area contributed by atoms with Gasteiger partial charge >= 0.3 is 5.97 Å². The first-order chi connectivity index (χ1) is 19.7. The molecular formula is C31H25BrI2N2O4S. The number of halogens is 3. The molecule has 3 aromatic carbocycles. The summed E-state index contributed by atoms with van der Waals surface area (Å²) in [4.78, 5) is 32.2. The number of nitrogens with zero attached hydrogens (tertiary/aromatic N) is 2. The minimum absolute atomic E-state index is 0.209. The summed E-state index contributed by atoms with van der Waals surface area (Å²) in [5.41, 5.74) is 4.56. The summed E-state index contributed by atoms with van der Waals surface area (Å²) >= 11 is 9.49. The molecule has 0 radical (unpaired) electrons. The molecule has 0 aliphatic carbocycles. The minimum Gasteiger partial charge on any atom is -0.487 e. The van der Waals surface area contributed by atoms with E-state index in [0.717, 1.165) is 36.0 Å². The molecule has 6 nitrogen and oxygen atoms in total. The number of benzene rings is 3. The number of hydrogen-bond donors (Lipinski definition) is 0. The van der Waals surface area contributed by atoms with Crippen molar-refractivity contribution in [3.63, 3.8) is 0 Å². The van der Waals surface area contributed by atoms with Gasteiger partial charge in [-0.05, 0) is 129 Å². The molecule has 10 heteroatoms. The maximum absolute atomic E-state index is 13.9. The summed E-state index contributed by atoms with van der Waals surface area (Å²) in [6.45, 7) is 6.24. The summed E-state index contributed by atoms with van der Waals surface area (Å²) in [6.07, 6.45) is 1.86. The van der Waals surface area contributed by atoms with Crippen LogP contribution in [0.5, 0.6) is 5.75 Å². The lowest BCUT2D eigenvalue weighted by Gasteiger charge is -2.24. The van der Waals surface area contributed by atoms with E-state index in [1.807, 2.05) is 49.4 Å². The van der Waals surface area contributed by atoms with Crippen molar-refractivity contribution < 1.29 is 14.3 Å². The number of carbonyl (C=O) groups excluding carboxylic acids is 1. The Morgan fingerprint density at radius 3 is 2.46 bits per heavy atom. The van der Waals surface area contributed by atoms with E-state index < -0.39 is 12.0 Å². The summed E-state index contributed by atoms with van der Waals surface area (Å²) in [7, 11) is 0. The van der Waals surface area contributed by atoms with Gasteiger partial charge in [0.15, 0.2) is 4.80 Å². The third kappa shape index (κ3) is 6.55. The lowest BCUT2D eigenvalue weighted by molar-refractivity contribution is -0.139. The average molecular weight is 855 g/mol. The van der Waals surface area contributed by atoms with E-state index in [0.29, 0.717) is 27.2 Å². The lowest BCUT2D eigenvalue weighted by atomic mass is 9.95. The van der Waals surface area contributed by atoms with Gasteiger partial charge in [0.1, 0.15) is 12.4 Å². The van der Waals surface area contributed by atoms with E-state index in [1.165, 1.54) is 14.9 Å². The van der Waals surface area contributed by atoms with Crippen LogP contribution < -0.4 is 19.6 Å². The first-order valence-electron chi connectivity index (χ1n) is 12.8. The van der Waals surface area contributed by atoms with Crippen molar-refractivity contribution in [2.75, 3.05) is 6.61 Å². The van der Waals surface area contributed by atoms with Gasteiger partial charge in [0.05, 0.1) is 36.5 Å². The average Bonchev–Trinajstić information content (AvgIpc) is 3.23. The molecule has 0 saturated heterocycles. The van der Waals surface area contributed by atoms with Crippen molar-refractivity contribution in [3.8, 4) is 5.75 Å². The van der Waals surface area contributed by atoms with Crippen molar-refractivity contribution in [1.29, 1.82) is 0 Å². The van der Waals surface area contributed by atoms with Gasteiger partial charge in [0.2, 0.25) is 0 Å². The van der Waals surface area contributed by atoms with E-state index in [1.54, 1.807) is 18.4 Å².